The van der Waals surface area contributed by atoms with E-state index >= 15 is 0 Å². The number of rotatable bonds is 4. The lowest BCUT2D eigenvalue weighted by Gasteiger charge is -2.16. The van der Waals surface area contributed by atoms with Crippen LogP contribution in [0.3, 0.4) is 0 Å². The van der Waals surface area contributed by atoms with Gasteiger partial charge in [0, 0.05) is 13.2 Å². The minimum Gasteiger partial charge on any atom is -0.396 e. The van der Waals surface area contributed by atoms with Crippen LogP contribution in [0.25, 0.3) is 0 Å². The second kappa shape index (κ2) is 17.8. The van der Waals surface area contributed by atoms with Gasteiger partial charge >= 0.3 is 0 Å². The van der Waals surface area contributed by atoms with Crippen molar-refractivity contribution in [1.29, 1.82) is 0 Å². The Bertz CT molecular complexity index is 63.9. The Labute approximate surface area is 83.9 Å². The van der Waals surface area contributed by atoms with Crippen LogP contribution >= 0.6 is 0 Å². The molecule has 1 unspecified atom stereocenters. The molecule has 0 aliphatic heterocycles. The summed E-state index contributed by atoms with van der Waals surface area (Å²) in [4.78, 5) is 2.10. The van der Waals surface area contributed by atoms with Gasteiger partial charge in [0.15, 0.2) is 0 Å². The van der Waals surface area contributed by atoms with Crippen molar-refractivity contribution in [2.75, 3.05) is 34.3 Å². The molecule has 3 nitrogen and oxygen atoms in total. The first-order valence-corrected chi connectivity index (χ1v) is 5.04. The number of hydrogen-bond donors (Lipinski definition) is 2. The summed E-state index contributed by atoms with van der Waals surface area (Å²) < 4.78 is 0. The molecule has 0 rings (SSSR count). The van der Waals surface area contributed by atoms with Gasteiger partial charge in [-0.1, -0.05) is 20.8 Å². The first-order valence-electron chi connectivity index (χ1n) is 5.04. The lowest BCUT2D eigenvalue weighted by Crippen LogP contribution is -2.23. The molecule has 0 aromatic heterocycles. The van der Waals surface area contributed by atoms with Crippen molar-refractivity contribution < 1.29 is 5.11 Å². The van der Waals surface area contributed by atoms with Crippen molar-refractivity contribution in [3.05, 3.63) is 0 Å². The van der Waals surface area contributed by atoms with Gasteiger partial charge in [-0.05, 0) is 33.5 Å². The van der Waals surface area contributed by atoms with Crippen molar-refractivity contribution in [2.45, 2.75) is 27.2 Å². The van der Waals surface area contributed by atoms with Crippen LogP contribution in [-0.4, -0.2) is 44.3 Å². The third-order valence-electron chi connectivity index (χ3n) is 1.46. The average Bonchev–Trinajstić information content (AvgIpc) is 2.20. The summed E-state index contributed by atoms with van der Waals surface area (Å²) in [5, 5.41) is 8.75. The Balaban J connectivity index is -0.000000218. The second-order valence-electron chi connectivity index (χ2n) is 2.72. The van der Waals surface area contributed by atoms with Crippen molar-refractivity contribution >= 4 is 0 Å². The molecule has 0 fully saturated rings. The van der Waals surface area contributed by atoms with Crippen LogP contribution in [0.1, 0.15) is 27.2 Å². The molecule has 0 bridgehead atoms. The maximum absolute atomic E-state index is 8.75. The second-order valence-corrected chi connectivity index (χ2v) is 2.72. The number of hydrogen-bond acceptors (Lipinski definition) is 3. The van der Waals surface area contributed by atoms with E-state index < -0.39 is 0 Å². The molecule has 0 aromatic carbocycles. The zero-order valence-electron chi connectivity index (χ0n) is 10.2. The molecule has 0 spiro atoms. The topological polar surface area (TPSA) is 49.5 Å². The lowest BCUT2D eigenvalue weighted by molar-refractivity contribution is 0.189. The summed E-state index contributed by atoms with van der Waals surface area (Å²) in [6.07, 6.45) is 1.06. The van der Waals surface area contributed by atoms with Gasteiger partial charge in [-0.2, -0.15) is 0 Å². The highest BCUT2D eigenvalue weighted by atomic mass is 16.3. The van der Waals surface area contributed by atoms with Crippen LogP contribution in [-0.2, 0) is 0 Å². The van der Waals surface area contributed by atoms with E-state index in [2.05, 4.69) is 17.6 Å². The molecule has 0 amide bonds. The SMILES string of the molecule is CC.CCC(CO)CN(C)C.CN. The third kappa shape index (κ3) is 18.7. The maximum atomic E-state index is 8.75. The predicted octanol–water partition coefficient (Wildman–Crippen LogP) is 1.17. The highest BCUT2D eigenvalue weighted by Gasteiger charge is 2.03. The standard InChI is InChI=1S/C7H17NO.C2H6.CH5N/c1-4-7(6-9)5-8(2)3;2*1-2/h7,9H,4-6H2,1-3H3;1-2H3;2H2,1H3. The molecule has 0 saturated carbocycles. The van der Waals surface area contributed by atoms with Gasteiger partial charge in [-0.3, -0.25) is 0 Å². The zero-order chi connectivity index (χ0) is 11.3. The van der Waals surface area contributed by atoms with E-state index in [9.17, 15) is 0 Å². The third-order valence-corrected chi connectivity index (χ3v) is 1.46. The van der Waals surface area contributed by atoms with Crippen molar-refractivity contribution in [1.82, 2.24) is 4.90 Å². The highest BCUT2D eigenvalue weighted by Crippen LogP contribution is 2.00. The number of nitrogens with zero attached hydrogens (tertiary/aromatic N) is 1. The molecular weight excluding hydrogens is 164 g/mol. The first-order chi connectivity index (χ1) is 6.20. The Morgan fingerprint density at radius 2 is 1.62 bits per heavy atom. The van der Waals surface area contributed by atoms with Gasteiger partial charge in [0.2, 0.25) is 0 Å². The summed E-state index contributed by atoms with van der Waals surface area (Å²) in [7, 11) is 5.55. The molecule has 0 aliphatic rings. The van der Waals surface area contributed by atoms with Crippen molar-refractivity contribution in [3.63, 3.8) is 0 Å². The van der Waals surface area contributed by atoms with Crippen molar-refractivity contribution in [2.24, 2.45) is 11.7 Å². The Kier molecular flexibility index (Phi) is 25.5. The summed E-state index contributed by atoms with van der Waals surface area (Å²) in [5.74, 6) is 0.458. The minimum absolute atomic E-state index is 0.314. The Morgan fingerprint density at radius 1 is 1.23 bits per heavy atom. The number of aliphatic hydroxyl groups is 1. The van der Waals surface area contributed by atoms with Crippen LogP contribution < -0.4 is 5.73 Å². The van der Waals surface area contributed by atoms with E-state index in [1.54, 1.807) is 0 Å². The smallest absolute Gasteiger partial charge is 0.0471 e. The van der Waals surface area contributed by atoms with Gasteiger partial charge in [0.1, 0.15) is 0 Å². The fourth-order valence-corrected chi connectivity index (χ4v) is 0.832. The first kappa shape index (κ1) is 18.6. The summed E-state index contributed by atoms with van der Waals surface area (Å²) in [6, 6.07) is 0. The lowest BCUT2D eigenvalue weighted by atomic mass is 10.1. The van der Waals surface area contributed by atoms with Gasteiger partial charge in [-0.15, -0.1) is 0 Å². The molecule has 3 N–H and O–H groups in total. The normalized spacial score (nSPS) is 10.8. The predicted molar refractivity (Wildman–Crippen MR) is 60.9 cm³/mol. The van der Waals surface area contributed by atoms with Crippen LogP contribution in [0.2, 0.25) is 0 Å². The van der Waals surface area contributed by atoms with E-state index in [4.69, 9.17) is 5.11 Å². The largest absolute Gasteiger partial charge is 0.396 e. The molecular formula is C10H28N2O. The fourth-order valence-electron chi connectivity index (χ4n) is 0.832. The number of nitrogens with two attached hydrogens (primary N) is 1. The molecule has 84 valence electrons. The highest BCUT2D eigenvalue weighted by molar-refractivity contribution is 4.56. The molecule has 0 aliphatic carbocycles. The van der Waals surface area contributed by atoms with Crippen LogP contribution in [0.4, 0.5) is 0 Å². The van der Waals surface area contributed by atoms with E-state index in [1.165, 1.54) is 7.05 Å². The summed E-state index contributed by atoms with van der Waals surface area (Å²) >= 11 is 0. The number of aliphatic hydroxyl groups excluding tert-OH is 1. The van der Waals surface area contributed by atoms with Gasteiger partial charge in [-0.25, -0.2) is 0 Å². The molecule has 0 aromatic rings. The molecule has 13 heavy (non-hydrogen) atoms. The van der Waals surface area contributed by atoms with E-state index in [0.29, 0.717) is 12.5 Å². The quantitative estimate of drug-likeness (QED) is 0.703. The van der Waals surface area contributed by atoms with Crippen molar-refractivity contribution in [3.8, 4) is 0 Å². The van der Waals surface area contributed by atoms with Crippen LogP contribution in [0.5, 0.6) is 0 Å². The summed E-state index contributed by atoms with van der Waals surface area (Å²) in [6.45, 7) is 7.41. The molecule has 0 heterocycles. The molecule has 0 radical (unpaired) electrons. The minimum atomic E-state index is 0.314. The maximum Gasteiger partial charge on any atom is 0.0471 e. The van der Waals surface area contributed by atoms with Crippen LogP contribution in [0.15, 0.2) is 0 Å². The molecule has 1 atom stereocenters. The van der Waals surface area contributed by atoms with Gasteiger partial charge in [0.05, 0.1) is 0 Å². The fraction of sp³-hybridized carbons (Fsp3) is 1.00. The average molecular weight is 192 g/mol. The Hall–Kier alpha value is -0.120. The Morgan fingerprint density at radius 3 is 1.69 bits per heavy atom. The van der Waals surface area contributed by atoms with E-state index in [1.807, 2.05) is 27.9 Å². The monoisotopic (exact) mass is 192 g/mol. The summed E-state index contributed by atoms with van der Waals surface area (Å²) in [5.41, 5.74) is 4.50. The van der Waals surface area contributed by atoms with Crippen LogP contribution in [0, 0.1) is 5.92 Å². The van der Waals surface area contributed by atoms with E-state index in [0.717, 1.165) is 13.0 Å². The molecule has 0 saturated heterocycles. The van der Waals surface area contributed by atoms with Gasteiger partial charge in [0.25, 0.3) is 0 Å². The molecule has 3 heteroatoms. The van der Waals surface area contributed by atoms with E-state index in [-0.39, 0.29) is 0 Å². The van der Waals surface area contributed by atoms with Gasteiger partial charge < -0.3 is 15.7 Å². The zero-order valence-corrected chi connectivity index (χ0v) is 10.2.